The quantitative estimate of drug-likeness (QED) is 0.598. The SMILES string of the molecule is CC(=O)O.CC(C)O.[Ti].[Zn]. The van der Waals surface area contributed by atoms with Crippen LogP contribution >= 0.6 is 0 Å². The Morgan fingerprint density at radius 2 is 1.40 bits per heavy atom. The van der Waals surface area contributed by atoms with Gasteiger partial charge in [-0.05, 0) is 13.8 Å². The number of aliphatic hydroxyl groups excluding tert-OH is 1. The fourth-order valence-electron chi connectivity index (χ4n) is 0. The first-order chi connectivity index (χ1) is 3.46. The summed E-state index contributed by atoms with van der Waals surface area (Å²) in [7, 11) is 0. The van der Waals surface area contributed by atoms with E-state index in [9.17, 15) is 0 Å². The van der Waals surface area contributed by atoms with Crippen LogP contribution in [0, 0.1) is 0 Å². The molecule has 0 aromatic heterocycles. The summed E-state index contributed by atoms with van der Waals surface area (Å²) in [5, 5.41) is 15.5. The van der Waals surface area contributed by atoms with Gasteiger partial charge in [0, 0.05) is 54.2 Å². The summed E-state index contributed by atoms with van der Waals surface area (Å²) in [5.74, 6) is -0.833. The van der Waals surface area contributed by atoms with E-state index in [4.69, 9.17) is 15.0 Å². The van der Waals surface area contributed by atoms with E-state index in [2.05, 4.69) is 0 Å². The van der Waals surface area contributed by atoms with Crippen molar-refractivity contribution in [3.05, 3.63) is 0 Å². The van der Waals surface area contributed by atoms with Crippen molar-refractivity contribution >= 4 is 5.97 Å². The van der Waals surface area contributed by atoms with Gasteiger partial charge in [0.1, 0.15) is 0 Å². The number of hydrogen-bond acceptors (Lipinski definition) is 2. The molecule has 0 saturated heterocycles. The van der Waals surface area contributed by atoms with Crippen LogP contribution in [-0.2, 0) is 46.0 Å². The van der Waals surface area contributed by atoms with Crippen molar-refractivity contribution in [2.75, 3.05) is 0 Å². The van der Waals surface area contributed by atoms with Gasteiger partial charge in [-0.3, -0.25) is 4.79 Å². The van der Waals surface area contributed by atoms with Crippen LogP contribution in [0.4, 0.5) is 0 Å². The Hall–Kier alpha value is 0.768. The monoisotopic (exact) mass is 232 g/mol. The van der Waals surface area contributed by atoms with Gasteiger partial charge in [0.25, 0.3) is 5.97 Å². The predicted molar refractivity (Wildman–Crippen MR) is 30.7 cm³/mol. The van der Waals surface area contributed by atoms with Gasteiger partial charge in [-0.25, -0.2) is 0 Å². The second-order valence-electron chi connectivity index (χ2n) is 1.61. The van der Waals surface area contributed by atoms with Gasteiger partial charge >= 0.3 is 0 Å². The summed E-state index contributed by atoms with van der Waals surface area (Å²) in [5.41, 5.74) is 0. The van der Waals surface area contributed by atoms with Gasteiger partial charge in [0.15, 0.2) is 0 Å². The van der Waals surface area contributed by atoms with Crippen LogP contribution in [0.3, 0.4) is 0 Å². The molecule has 0 spiro atoms. The summed E-state index contributed by atoms with van der Waals surface area (Å²) in [4.78, 5) is 9.00. The van der Waals surface area contributed by atoms with Gasteiger partial charge in [0.05, 0.1) is 0 Å². The molecule has 0 aromatic rings. The first-order valence-corrected chi connectivity index (χ1v) is 2.34. The Labute approximate surface area is 88.8 Å². The largest absolute Gasteiger partial charge is 0.481 e. The van der Waals surface area contributed by atoms with E-state index in [-0.39, 0.29) is 47.3 Å². The summed E-state index contributed by atoms with van der Waals surface area (Å²) >= 11 is 0. The van der Waals surface area contributed by atoms with Crippen LogP contribution in [0.1, 0.15) is 20.8 Å². The minimum atomic E-state index is -0.833. The number of aliphatic carboxylic acids is 1. The minimum absolute atomic E-state index is 0. The normalized spacial score (nSPS) is 6.10. The molecule has 0 rings (SSSR count). The maximum Gasteiger partial charge on any atom is 0.300 e. The van der Waals surface area contributed by atoms with E-state index in [1.807, 2.05) is 0 Å². The first-order valence-electron chi connectivity index (χ1n) is 2.34. The van der Waals surface area contributed by atoms with Gasteiger partial charge in [-0.15, -0.1) is 0 Å². The molecule has 0 aliphatic rings. The average Bonchev–Trinajstić information content (AvgIpc) is 1.25. The zero-order chi connectivity index (χ0) is 7.15. The minimum Gasteiger partial charge on any atom is -0.481 e. The number of carboxylic acids is 1. The summed E-state index contributed by atoms with van der Waals surface area (Å²) < 4.78 is 0. The zero-order valence-corrected chi connectivity index (χ0v) is 11.1. The van der Waals surface area contributed by atoms with Crippen LogP contribution in [0.25, 0.3) is 0 Å². The molecule has 3 nitrogen and oxygen atoms in total. The van der Waals surface area contributed by atoms with Crippen molar-refractivity contribution in [3.63, 3.8) is 0 Å². The summed E-state index contributed by atoms with van der Waals surface area (Å²) in [6.45, 7) is 4.53. The fraction of sp³-hybridized carbons (Fsp3) is 0.800. The van der Waals surface area contributed by atoms with Gasteiger partial charge in [-0.2, -0.15) is 0 Å². The summed E-state index contributed by atoms with van der Waals surface area (Å²) in [6.07, 6.45) is -0.167. The van der Waals surface area contributed by atoms with Crippen molar-refractivity contribution in [1.29, 1.82) is 0 Å². The molecule has 10 heavy (non-hydrogen) atoms. The molecule has 0 atom stereocenters. The molecule has 0 aliphatic heterocycles. The Morgan fingerprint density at radius 3 is 1.40 bits per heavy atom. The number of aliphatic hydroxyl groups is 1. The molecule has 0 saturated carbocycles. The van der Waals surface area contributed by atoms with Crippen LogP contribution in [-0.4, -0.2) is 22.3 Å². The van der Waals surface area contributed by atoms with E-state index < -0.39 is 5.97 Å². The van der Waals surface area contributed by atoms with Crippen LogP contribution in [0.2, 0.25) is 0 Å². The molecule has 0 aliphatic carbocycles. The van der Waals surface area contributed by atoms with Crippen molar-refractivity contribution in [1.82, 2.24) is 0 Å². The van der Waals surface area contributed by atoms with E-state index >= 15 is 0 Å². The molecular weight excluding hydrogens is 221 g/mol. The third-order valence-corrected chi connectivity index (χ3v) is 0. The van der Waals surface area contributed by atoms with Crippen LogP contribution < -0.4 is 0 Å². The summed E-state index contributed by atoms with van der Waals surface area (Å²) in [6, 6.07) is 0. The van der Waals surface area contributed by atoms with Gasteiger partial charge in [0.2, 0.25) is 0 Å². The van der Waals surface area contributed by atoms with E-state index in [0.29, 0.717) is 0 Å². The average molecular weight is 233 g/mol. The van der Waals surface area contributed by atoms with Gasteiger partial charge < -0.3 is 10.2 Å². The van der Waals surface area contributed by atoms with E-state index in [0.717, 1.165) is 6.92 Å². The molecule has 0 fully saturated rings. The standard InChI is InChI=1S/C3H8O.C2H4O2.Ti.Zn/c1-3(2)4;1-2(3)4;;/h3-4H,1-2H3;1H3,(H,3,4);;. The predicted octanol–water partition coefficient (Wildman–Crippen LogP) is 0.473. The molecule has 0 bridgehead atoms. The molecule has 0 amide bonds. The molecule has 0 unspecified atom stereocenters. The molecule has 0 radical (unpaired) electrons. The molecule has 56 valence electrons. The van der Waals surface area contributed by atoms with Crippen LogP contribution in [0.5, 0.6) is 0 Å². The Balaban J connectivity index is -0.0000000300. The smallest absolute Gasteiger partial charge is 0.300 e. The van der Waals surface area contributed by atoms with Crippen molar-refractivity contribution in [3.8, 4) is 0 Å². The number of rotatable bonds is 0. The maximum absolute atomic E-state index is 9.00. The topological polar surface area (TPSA) is 57.5 Å². The van der Waals surface area contributed by atoms with Crippen molar-refractivity contribution in [2.24, 2.45) is 0 Å². The number of hydrogen-bond donors (Lipinski definition) is 2. The molecule has 2 N–H and O–H groups in total. The Kier molecular flexibility index (Phi) is 36.8. The second kappa shape index (κ2) is 16.4. The first kappa shape index (κ1) is 22.4. The van der Waals surface area contributed by atoms with Crippen LogP contribution in [0.15, 0.2) is 0 Å². The Morgan fingerprint density at radius 1 is 1.40 bits per heavy atom. The fourth-order valence-corrected chi connectivity index (χ4v) is 0. The third-order valence-electron chi connectivity index (χ3n) is 0. The third kappa shape index (κ3) is 898. The van der Waals surface area contributed by atoms with Crippen molar-refractivity contribution in [2.45, 2.75) is 26.9 Å². The maximum atomic E-state index is 9.00. The second-order valence-corrected chi connectivity index (χ2v) is 1.61. The molecule has 0 heterocycles. The number of carboxylic acid groups (broad SMARTS) is 1. The Bertz CT molecular complexity index is 61.2. The zero-order valence-electron chi connectivity index (χ0n) is 6.59. The molecule has 5 heteroatoms. The molecular formula is C5H12O3TiZn. The van der Waals surface area contributed by atoms with E-state index in [1.165, 1.54) is 0 Å². The van der Waals surface area contributed by atoms with Gasteiger partial charge in [-0.1, -0.05) is 0 Å². The van der Waals surface area contributed by atoms with E-state index in [1.54, 1.807) is 13.8 Å². The molecule has 0 aromatic carbocycles. The van der Waals surface area contributed by atoms with Crippen molar-refractivity contribution < 1.29 is 56.2 Å². The number of carbonyl (C=O) groups is 1.